The second-order valence-electron chi connectivity index (χ2n) is 9.27. The molecule has 1 fully saturated rings. The third-order valence-corrected chi connectivity index (χ3v) is 6.11. The van der Waals surface area contributed by atoms with Gasteiger partial charge in [0.1, 0.15) is 0 Å². The van der Waals surface area contributed by atoms with Crippen molar-refractivity contribution < 1.29 is 27.9 Å². The van der Waals surface area contributed by atoms with E-state index in [1.54, 1.807) is 18.0 Å². The number of carbonyl (C=O) groups is 2. The maximum Gasteiger partial charge on any atom is 0.263 e. The molecule has 2 atom stereocenters. The molecule has 0 spiro atoms. The molecule has 0 aromatic heterocycles. The molecule has 1 aliphatic rings. The summed E-state index contributed by atoms with van der Waals surface area (Å²) in [4.78, 5) is 31.3. The van der Waals surface area contributed by atoms with Crippen LogP contribution in [0.5, 0.6) is 0 Å². The first-order valence-electron chi connectivity index (χ1n) is 11.7. The van der Waals surface area contributed by atoms with Crippen molar-refractivity contribution >= 4 is 23.5 Å². The molecule has 3 N–H and O–H groups in total. The van der Waals surface area contributed by atoms with Gasteiger partial charge in [0.15, 0.2) is 5.67 Å². The zero-order chi connectivity index (χ0) is 26.5. The molecule has 1 saturated heterocycles. The second kappa shape index (κ2) is 11.6. The summed E-state index contributed by atoms with van der Waals surface area (Å²) in [5, 5.41) is 14.8. The first-order chi connectivity index (χ1) is 17.0. The number of aliphatic hydroxyl groups excluding tert-OH is 1. The number of hydrogen-bond acceptors (Lipinski definition) is 4. The number of nitrogens with one attached hydrogen (secondary N) is 2. The predicted molar refractivity (Wildman–Crippen MR) is 132 cm³/mol. The molecule has 2 aromatic carbocycles. The minimum atomic E-state index is -2.74. The van der Waals surface area contributed by atoms with Crippen LogP contribution in [0.25, 0.3) is 0 Å². The summed E-state index contributed by atoms with van der Waals surface area (Å²) in [6, 6.07) is 10.5. The monoisotopic (exact) mass is 504 g/mol. The lowest BCUT2D eigenvalue weighted by Gasteiger charge is -2.30. The number of anilines is 1. The Morgan fingerprint density at radius 2 is 2.03 bits per heavy atom. The van der Waals surface area contributed by atoms with Crippen LogP contribution in [0.4, 0.5) is 18.9 Å². The van der Waals surface area contributed by atoms with Crippen molar-refractivity contribution in [2.75, 3.05) is 32.1 Å². The third-order valence-electron chi connectivity index (χ3n) is 6.11. The number of guanidine groups is 1. The smallest absolute Gasteiger partial charge is 0.263 e. The van der Waals surface area contributed by atoms with Crippen LogP contribution in [-0.2, 0) is 4.79 Å². The molecular weight excluding hydrogens is 473 g/mol. The van der Waals surface area contributed by atoms with Crippen LogP contribution < -0.4 is 10.6 Å². The molecule has 2 unspecified atom stereocenters. The van der Waals surface area contributed by atoms with E-state index in [-0.39, 0.29) is 28.9 Å². The number of amides is 2. The van der Waals surface area contributed by atoms with Gasteiger partial charge in [0.05, 0.1) is 19.1 Å². The quantitative estimate of drug-likeness (QED) is 0.390. The van der Waals surface area contributed by atoms with Crippen molar-refractivity contribution in [3.8, 4) is 0 Å². The van der Waals surface area contributed by atoms with Crippen molar-refractivity contribution in [2.45, 2.75) is 44.7 Å². The maximum absolute atomic E-state index is 14.4. The molecule has 7 nitrogen and oxygen atoms in total. The van der Waals surface area contributed by atoms with Crippen LogP contribution in [0, 0.1) is 6.92 Å². The summed E-state index contributed by atoms with van der Waals surface area (Å²) in [6.45, 7) is 2.45. The lowest BCUT2D eigenvalue weighted by Crippen LogP contribution is -2.38. The van der Waals surface area contributed by atoms with Crippen molar-refractivity contribution in [3.05, 3.63) is 64.7 Å². The van der Waals surface area contributed by atoms with E-state index < -0.39 is 31.2 Å². The van der Waals surface area contributed by atoms with Gasteiger partial charge >= 0.3 is 0 Å². The summed E-state index contributed by atoms with van der Waals surface area (Å²) in [5.41, 5.74) is -0.255. The van der Waals surface area contributed by atoms with E-state index in [0.29, 0.717) is 18.7 Å². The molecule has 194 valence electrons. The van der Waals surface area contributed by atoms with Crippen LogP contribution in [0.15, 0.2) is 47.5 Å². The van der Waals surface area contributed by atoms with Crippen LogP contribution in [0.2, 0.25) is 0 Å². The van der Waals surface area contributed by atoms with E-state index in [4.69, 9.17) is 0 Å². The molecule has 0 aliphatic carbocycles. The molecule has 10 heteroatoms. The van der Waals surface area contributed by atoms with E-state index in [2.05, 4.69) is 15.6 Å². The van der Waals surface area contributed by atoms with Crippen molar-refractivity contribution in [3.63, 3.8) is 0 Å². The molecule has 3 rings (SSSR count). The van der Waals surface area contributed by atoms with Crippen LogP contribution in [-0.4, -0.2) is 60.2 Å². The Morgan fingerprint density at radius 3 is 2.72 bits per heavy atom. The summed E-state index contributed by atoms with van der Waals surface area (Å²) >= 11 is 0. The second-order valence-corrected chi connectivity index (χ2v) is 9.27. The number of piperidine rings is 1. The predicted octanol–water partition coefficient (Wildman–Crippen LogP) is 4.19. The number of rotatable bonds is 7. The van der Waals surface area contributed by atoms with Gasteiger partial charge in [0.2, 0.25) is 11.9 Å². The highest BCUT2D eigenvalue weighted by Gasteiger charge is 2.28. The van der Waals surface area contributed by atoms with E-state index >= 15 is 0 Å². The number of alkyl halides is 3. The number of aliphatic imine (C=N–C) groups is 1. The normalized spacial score (nSPS) is 18.2. The first kappa shape index (κ1) is 27.2. The van der Waals surface area contributed by atoms with Crippen LogP contribution >= 0.6 is 0 Å². The van der Waals surface area contributed by atoms with Crippen LogP contribution in [0.3, 0.4) is 0 Å². The molecular formula is C26H31F3N4O3. The average Bonchev–Trinajstić information content (AvgIpc) is 2.85. The molecule has 0 bridgehead atoms. The van der Waals surface area contributed by atoms with Gasteiger partial charge in [-0.2, -0.15) is 0 Å². The zero-order valence-electron chi connectivity index (χ0n) is 20.5. The number of aliphatic hydroxyl groups is 1. The first-order valence-corrected chi connectivity index (χ1v) is 11.7. The Hall–Kier alpha value is -3.40. The number of aryl methyl sites for hydroxylation is 1. The standard InChI is InChI=1S/C26H31F3N4O3/c1-16-9-10-17(20-8-5-11-33(3)24(20)36)13-21(16)31-25(30-14-26(2,29)15-34)32-23(35)19-7-4-6-18(12-19)22(27)28/h4,6-7,9-10,12-13,20,22,34H,5,8,11,14-15H2,1-3H3,(H2,30,31,32,35). The van der Waals surface area contributed by atoms with Gasteiger partial charge in [0, 0.05) is 30.4 Å². The number of hydrogen-bond donors (Lipinski definition) is 3. The Balaban J connectivity index is 1.89. The fourth-order valence-electron chi connectivity index (χ4n) is 3.86. The minimum absolute atomic E-state index is 0.0196. The van der Waals surface area contributed by atoms with Crippen molar-refractivity contribution in [1.29, 1.82) is 0 Å². The lowest BCUT2D eigenvalue weighted by molar-refractivity contribution is -0.133. The number of halogens is 3. The zero-order valence-corrected chi connectivity index (χ0v) is 20.5. The number of carbonyl (C=O) groups excluding carboxylic acids is 2. The van der Waals surface area contributed by atoms with Crippen molar-refractivity contribution in [2.24, 2.45) is 4.99 Å². The molecule has 0 radical (unpaired) electrons. The molecule has 0 saturated carbocycles. The Bertz CT molecular complexity index is 1140. The van der Waals surface area contributed by atoms with E-state index in [1.807, 2.05) is 19.1 Å². The summed E-state index contributed by atoms with van der Waals surface area (Å²) < 4.78 is 40.5. The largest absolute Gasteiger partial charge is 0.393 e. The van der Waals surface area contributed by atoms with Gasteiger partial charge in [-0.15, -0.1) is 0 Å². The topological polar surface area (TPSA) is 94.0 Å². The molecule has 36 heavy (non-hydrogen) atoms. The van der Waals surface area contributed by atoms with E-state index in [1.165, 1.54) is 25.1 Å². The highest BCUT2D eigenvalue weighted by molar-refractivity contribution is 6.10. The van der Waals surface area contributed by atoms with Gasteiger partial charge in [-0.3, -0.25) is 14.9 Å². The summed E-state index contributed by atoms with van der Waals surface area (Å²) in [6.07, 6.45) is -1.16. The minimum Gasteiger partial charge on any atom is -0.393 e. The lowest BCUT2D eigenvalue weighted by atomic mass is 9.89. The van der Waals surface area contributed by atoms with Crippen LogP contribution in [0.1, 0.15) is 59.2 Å². The Morgan fingerprint density at radius 1 is 1.28 bits per heavy atom. The average molecular weight is 505 g/mol. The van der Waals surface area contributed by atoms with Gasteiger partial charge in [-0.05, 0) is 56.0 Å². The fourth-order valence-corrected chi connectivity index (χ4v) is 3.86. The summed E-state index contributed by atoms with van der Waals surface area (Å²) in [7, 11) is 1.76. The fraction of sp³-hybridized carbons (Fsp3) is 0.423. The molecule has 2 amide bonds. The molecule has 2 aromatic rings. The Kier molecular flexibility index (Phi) is 8.73. The molecule has 1 heterocycles. The maximum atomic E-state index is 14.4. The highest BCUT2D eigenvalue weighted by atomic mass is 19.3. The number of nitrogens with zero attached hydrogens (tertiary/aromatic N) is 2. The number of benzene rings is 2. The van der Waals surface area contributed by atoms with Crippen molar-refractivity contribution in [1.82, 2.24) is 10.2 Å². The molecule has 1 aliphatic heterocycles. The van der Waals surface area contributed by atoms with E-state index in [9.17, 15) is 27.9 Å². The van der Waals surface area contributed by atoms with E-state index in [0.717, 1.165) is 23.6 Å². The van der Waals surface area contributed by atoms with Gasteiger partial charge in [-0.1, -0.05) is 24.3 Å². The highest BCUT2D eigenvalue weighted by Crippen LogP contribution is 2.30. The SMILES string of the molecule is Cc1ccc(C2CCCN(C)C2=O)cc1NC(=NCC(C)(F)CO)NC(=O)c1cccc(C(F)F)c1. The number of likely N-dealkylation sites (N-methyl/N-ethyl adjacent to an activating group) is 1. The number of likely N-dealkylation sites (tertiary alicyclic amines) is 1. The van der Waals surface area contributed by atoms with Gasteiger partial charge in [0.25, 0.3) is 12.3 Å². The Labute approximate surface area is 208 Å². The third kappa shape index (κ3) is 6.84. The van der Waals surface area contributed by atoms with Gasteiger partial charge < -0.3 is 15.3 Å². The summed E-state index contributed by atoms with van der Waals surface area (Å²) in [5.74, 6) is -1.12. The van der Waals surface area contributed by atoms with Gasteiger partial charge in [-0.25, -0.2) is 18.2 Å².